The first-order chi connectivity index (χ1) is 19.0. The molecule has 1 aliphatic carbocycles. The monoisotopic (exact) mass is 519 g/mol. The summed E-state index contributed by atoms with van der Waals surface area (Å²) in [5.74, 6) is -0.692. The Morgan fingerprint density at radius 3 is 1.74 bits per heavy atom. The van der Waals surface area contributed by atoms with E-state index in [1.165, 1.54) is 17.7 Å². The summed E-state index contributed by atoms with van der Waals surface area (Å²) >= 11 is 0. The minimum atomic E-state index is -0.438. The van der Waals surface area contributed by atoms with E-state index < -0.39 is 5.97 Å². The van der Waals surface area contributed by atoms with Crippen LogP contribution in [0.2, 0.25) is 0 Å². The second-order valence-corrected chi connectivity index (χ2v) is 8.45. The highest BCUT2D eigenvalue weighted by molar-refractivity contribution is 6.14. The van der Waals surface area contributed by atoms with E-state index in [1.54, 1.807) is 24.3 Å². The fraction of sp³-hybridized carbons (Fsp3) is 0.0625. The van der Waals surface area contributed by atoms with Crippen LogP contribution >= 0.6 is 0 Å². The first-order valence-electron chi connectivity index (χ1n) is 12.1. The van der Waals surface area contributed by atoms with Gasteiger partial charge in [0.25, 0.3) is 18.3 Å². The zero-order valence-corrected chi connectivity index (χ0v) is 21.0. The van der Waals surface area contributed by atoms with Gasteiger partial charge in [-0.1, -0.05) is 79.4 Å². The summed E-state index contributed by atoms with van der Waals surface area (Å²) in [6, 6.07) is 25.9. The van der Waals surface area contributed by atoms with Crippen LogP contribution in [0.4, 0.5) is 0 Å². The van der Waals surface area contributed by atoms with Crippen molar-refractivity contribution in [2.45, 2.75) is 12.8 Å². The smallest absolute Gasteiger partial charge is 0.339 e. The summed E-state index contributed by atoms with van der Waals surface area (Å²) in [5.41, 5.74) is 5.51. The molecule has 39 heavy (non-hydrogen) atoms. The van der Waals surface area contributed by atoms with Crippen LogP contribution in [0, 0.1) is 0 Å². The second kappa shape index (κ2) is 12.8. The molecule has 0 saturated heterocycles. The predicted molar refractivity (Wildman–Crippen MR) is 147 cm³/mol. The fourth-order valence-electron chi connectivity index (χ4n) is 4.08. The molecule has 3 aromatic carbocycles. The minimum Gasteiger partial charge on any atom is -0.437 e. The van der Waals surface area contributed by atoms with Crippen LogP contribution in [0.3, 0.4) is 0 Å². The maximum atomic E-state index is 12.6. The van der Waals surface area contributed by atoms with Crippen LogP contribution in [0.25, 0.3) is 22.3 Å². The molecule has 0 bridgehead atoms. The van der Waals surface area contributed by atoms with Crippen molar-refractivity contribution in [3.05, 3.63) is 127 Å². The molecule has 1 heterocycles. The van der Waals surface area contributed by atoms with Crippen LogP contribution in [0.1, 0.15) is 12.8 Å². The molecule has 1 aliphatic heterocycles. The molecule has 2 aliphatic rings. The van der Waals surface area contributed by atoms with Gasteiger partial charge < -0.3 is 9.47 Å². The van der Waals surface area contributed by atoms with Gasteiger partial charge in [-0.3, -0.25) is 14.4 Å². The summed E-state index contributed by atoms with van der Waals surface area (Å²) < 4.78 is 9.45. The van der Waals surface area contributed by atoms with Crippen LogP contribution in [-0.4, -0.2) is 29.2 Å². The number of nitrogens with zero attached hydrogens (tertiary/aromatic N) is 1. The van der Waals surface area contributed by atoms with E-state index in [2.05, 4.69) is 47.7 Å². The predicted octanol–water partition coefficient (Wildman–Crippen LogP) is 5.76. The summed E-state index contributed by atoms with van der Waals surface area (Å²) in [6.45, 7) is 3.41. The van der Waals surface area contributed by atoms with Gasteiger partial charge in [0, 0.05) is 23.4 Å². The van der Waals surface area contributed by atoms with Crippen molar-refractivity contribution in [3.8, 4) is 28.0 Å². The molecule has 2 amide bonds. The number of benzene rings is 3. The van der Waals surface area contributed by atoms with Gasteiger partial charge in [-0.2, -0.15) is 0 Å². The normalized spacial score (nSPS) is 14.0. The van der Waals surface area contributed by atoms with Gasteiger partial charge in [-0.05, 0) is 53.3 Å². The average molecular weight is 520 g/mol. The third-order valence-electron chi connectivity index (χ3n) is 6.03. The van der Waals surface area contributed by atoms with Crippen LogP contribution in [0.5, 0.6) is 5.75 Å². The third kappa shape index (κ3) is 6.72. The Balaban J connectivity index is 0.000000648. The molecule has 3 aromatic rings. The van der Waals surface area contributed by atoms with Gasteiger partial charge in [0.05, 0.1) is 6.26 Å². The maximum absolute atomic E-state index is 12.6. The molecule has 0 atom stereocenters. The van der Waals surface area contributed by atoms with E-state index in [-0.39, 0.29) is 11.8 Å². The summed E-state index contributed by atoms with van der Waals surface area (Å²) in [6.07, 6.45) is 7.61. The number of rotatable bonds is 7. The minimum absolute atomic E-state index is 0.312. The number of imide groups is 1. The lowest BCUT2D eigenvalue weighted by Crippen LogP contribution is -2.30. The molecule has 0 aromatic heterocycles. The van der Waals surface area contributed by atoms with Crippen molar-refractivity contribution in [3.63, 3.8) is 0 Å². The van der Waals surface area contributed by atoms with Gasteiger partial charge in [0.1, 0.15) is 5.75 Å². The molecule has 0 saturated carbocycles. The quantitative estimate of drug-likeness (QED) is 0.130. The van der Waals surface area contributed by atoms with Crippen molar-refractivity contribution < 1.29 is 28.7 Å². The van der Waals surface area contributed by atoms with E-state index >= 15 is 0 Å². The molecule has 0 fully saturated rings. The van der Waals surface area contributed by atoms with E-state index in [0.717, 1.165) is 27.9 Å². The Morgan fingerprint density at radius 1 is 0.744 bits per heavy atom. The lowest BCUT2D eigenvalue weighted by atomic mass is 10.0. The summed E-state index contributed by atoms with van der Waals surface area (Å²) in [4.78, 5) is 46.4. The number of hydrogen-bond donors (Lipinski definition) is 0. The SMILES string of the molecule is C=COC=O.O=C(Oc1ccc(-c2ccc(-c3ccccc3)cc2)cc1)C1=CC=C(N2C(=O)C=CC2=O)CC1. The highest BCUT2D eigenvalue weighted by Crippen LogP contribution is 2.28. The van der Waals surface area contributed by atoms with Gasteiger partial charge in [0.15, 0.2) is 0 Å². The highest BCUT2D eigenvalue weighted by atomic mass is 16.5. The number of amides is 2. The first-order valence-corrected chi connectivity index (χ1v) is 12.1. The molecular weight excluding hydrogens is 494 g/mol. The number of esters is 1. The van der Waals surface area contributed by atoms with Gasteiger partial charge in [0.2, 0.25) is 0 Å². The van der Waals surface area contributed by atoms with Crippen LogP contribution in [0.15, 0.2) is 127 Å². The largest absolute Gasteiger partial charge is 0.437 e. The summed E-state index contributed by atoms with van der Waals surface area (Å²) in [7, 11) is 0. The van der Waals surface area contributed by atoms with E-state index in [0.29, 0.717) is 36.3 Å². The van der Waals surface area contributed by atoms with Gasteiger partial charge in [-0.25, -0.2) is 9.69 Å². The Labute approximate surface area is 226 Å². The van der Waals surface area contributed by atoms with Crippen molar-refractivity contribution in [1.82, 2.24) is 4.90 Å². The molecule has 0 radical (unpaired) electrons. The zero-order valence-electron chi connectivity index (χ0n) is 21.0. The molecule has 194 valence electrons. The highest BCUT2D eigenvalue weighted by Gasteiger charge is 2.28. The lowest BCUT2D eigenvalue weighted by molar-refractivity contribution is -0.134. The van der Waals surface area contributed by atoms with Gasteiger partial charge in [-0.15, -0.1) is 0 Å². The number of allylic oxidation sites excluding steroid dienone is 3. The van der Waals surface area contributed by atoms with E-state index in [1.807, 2.05) is 30.3 Å². The zero-order chi connectivity index (χ0) is 27.6. The molecule has 7 heteroatoms. The van der Waals surface area contributed by atoms with E-state index in [4.69, 9.17) is 9.53 Å². The van der Waals surface area contributed by atoms with Crippen LogP contribution < -0.4 is 4.74 Å². The number of carbonyl (C=O) groups excluding carboxylic acids is 4. The third-order valence-corrected chi connectivity index (χ3v) is 6.03. The molecule has 7 nitrogen and oxygen atoms in total. The Bertz CT molecular complexity index is 1440. The molecule has 0 spiro atoms. The molecule has 0 N–H and O–H groups in total. The fourth-order valence-corrected chi connectivity index (χ4v) is 4.08. The molecule has 0 unspecified atom stereocenters. The second-order valence-electron chi connectivity index (χ2n) is 8.45. The number of carbonyl (C=O) groups is 4. The Hall–Kier alpha value is -5.30. The van der Waals surface area contributed by atoms with Crippen molar-refractivity contribution in [1.29, 1.82) is 0 Å². The summed E-state index contributed by atoms with van der Waals surface area (Å²) in [5, 5.41) is 0. The van der Waals surface area contributed by atoms with E-state index in [9.17, 15) is 14.4 Å². The first kappa shape index (κ1) is 26.8. The Kier molecular flexibility index (Phi) is 8.77. The van der Waals surface area contributed by atoms with Crippen molar-refractivity contribution in [2.24, 2.45) is 0 Å². The lowest BCUT2D eigenvalue weighted by Gasteiger charge is -2.21. The average Bonchev–Trinajstić information content (AvgIpc) is 3.32. The maximum Gasteiger partial charge on any atom is 0.339 e. The van der Waals surface area contributed by atoms with Gasteiger partial charge >= 0.3 is 5.97 Å². The number of hydrogen-bond acceptors (Lipinski definition) is 6. The topological polar surface area (TPSA) is 90.0 Å². The molecular formula is C32H25NO6. The van der Waals surface area contributed by atoms with Crippen molar-refractivity contribution >= 4 is 24.3 Å². The van der Waals surface area contributed by atoms with Crippen LogP contribution in [-0.2, 0) is 23.9 Å². The Morgan fingerprint density at radius 2 is 1.28 bits per heavy atom. The van der Waals surface area contributed by atoms with Crippen molar-refractivity contribution in [2.75, 3.05) is 0 Å². The number of ether oxygens (including phenoxy) is 2. The molecule has 5 rings (SSSR count). The standard InChI is InChI=1S/C29H21NO4.C3H4O2/c31-27-18-19-28(32)30(27)25-14-10-24(11-15-25)29(33)34-26-16-12-23(13-17-26)22-8-6-21(7-9-22)20-4-2-1-3-5-20;1-2-5-3-4/h1-10,12-14,16-19H,11,15H2;2-3H,1H2.